The molecule has 0 saturated heterocycles. The molecule has 0 bridgehead atoms. The van der Waals surface area contributed by atoms with E-state index in [4.69, 9.17) is 0 Å². The van der Waals surface area contributed by atoms with Gasteiger partial charge >= 0.3 is 0 Å². The maximum absolute atomic E-state index is 4.32. The molecule has 1 aromatic heterocycles. The van der Waals surface area contributed by atoms with Gasteiger partial charge in [0.1, 0.15) is 0 Å². The Labute approximate surface area is 77.2 Å². The van der Waals surface area contributed by atoms with Crippen molar-refractivity contribution in [3.8, 4) is 0 Å². The molecule has 62 valence electrons. The third-order valence-corrected chi connectivity index (χ3v) is 2.09. The third kappa shape index (κ3) is 1.81. The summed E-state index contributed by atoms with van der Waals surface area (Å²) in [7, 11) is 0. The van der Waals surface area contributed by atoms with E-state index in [1.54, 1.807) is 0 Å². The predicted molar refractivity (Wildman–Crippen MR) is 40.9 cm³/mol. The molecular formula is C9H11NNi. The van der Waals surface area contributed by atoms with E-state index in [9.17, 15) is 0 Å². The number of rotatable bonds is 0. The van der Waals surface area contributed by atoms with Crippen LogP contribution in [0.5, 0.6) is 0 Å². The zero-order chi connectivity index (χ0) is 6.81. The van der Waals surface area contributed by atoms with Gasteiger partial charge in [-0.25, -0.2) is 0 Å². The molecule has 2 rings (SSSR count). The van der Waals surface area contributed by atoms with Crippen molar-refractivity contribution in [3.63, 3.8) is 0 Å². The van der Waals surface area contributed by atoms with Gasteiger partial charge < -0.3 is 0 Å². The Morgan fingerprint density at radius 2 is 2.00 bits per heavy atom. The molecule has 1 nitrogen and oxygen atoms in total. The van der Waals surface area contributed by atoms with Gasteiger partial charge in [-0.05, 0) is 37.3 Å². The summed E-state index contributed by atoms with van der Waals surface area (Å²) >= 11 is 0. The predicted octanol–water partition coefficient (Wildman–Crippen LogP) is 1.96. The van der Waals surface area contributed by atoms with E-state index in [0.29, 0.717) is 0 Å². The second-order valence-electron chi connectivity index (χ2n) is 2.82. The molecule has 1 aliphatic carbocycles. The van der Waals surface area contributed by atoms with Crippen LogP contribution in [0.25, 0.3) is 0 Å². The topological polar surface area (TPSA) is 12.9 Å². The number of aryl methyl sites for hydroxylation is 2. The Kier molecular flexibility index (Phi) is 3.07. The molecule has 11 heavy (non-hydrogen) atoms. The summed E-state index contributed by atoms with van der Waals surface area (Å²) in [5.74, 6) is 0. The maximum atomic E-state index is 4.32. The van der Waals surface area contributed by atoms with Crippen molar-refractivity contribution in [1.82, 2.24) is 4.98 Å². The van der Waals surface area contributed by atoms with Crippen molar-refractivity contribution in [2.45, 2.75) is 25.7 Å². The van der Waals surface area contributed by atoms with Crippen molar-refractivity contribution in [2.75, 3.05) is 0 Å². The number of nitrogens with zero attached hydrogens (tertiary/aromatic N) is 1. The normalized spacial score (nSPS) is 14.9. The summed E-state index contributed by atoms with van der Waals surface area (Å²) in [6.07, 6.45) is 6.99. The van der Waals surface area contributed by atoms with E-state index in [2.05, 4.69) is 11.1 Å². The van der Waals surface area contributed by atoms with E-state index in [-0.39, 0.29) is 16.5 Å². The summed E-state index contributed by atoms with van der Waals surface area (Å²) in [5, 5.41) is 0. The quantitative estimate of drug-likeness (QED) is 0.572. The van der Waals surface area contributed by atoms with Crippen LogP contribution in [0.1, 0.15) is 24.1 Å². The van der Waals surface area contributed by atoms with E-state index in [1.807, 2.05) is 12.3 Å². The van der Waals surface area contributed by atoms with Gasteiger partial charge in [0.15, 0.2) is 0 Å². The molecule has 2 heteroatoms. The molecule has 0 radical (unpaired) electrons. The standard InChI is InChI=1S/C9H11N.Ni/c1-2-6-9-8(4-1)5-3-7-10-9;/h3,5,7H,1-2,4,6H2;. The van der Waals surface area contributed by atoms with Crippen LogP contribution in [-0.4, -0.2) is 4.98 Å². The molecule has 0 amide bonds. The SMILES string of the molecule is [Ni].c1cnc2c(c1)CCCC2. The van der Waals surface area contributed by atoms with Crippen LogP contribution in [0, 0.1) is 0 Å². The number of pyridine rings is 1. The molecule has 1 aromatic rings. The first-order valence-corrected chi connectivity index (χ1v) is 3.89. The van der Waals surface area contributed by atoms with Crippen LogP contribution in [0.2, 0.25) is 0 Å². The van der Waals surface area contributed by atoms with Gasteiger partial charge in [0.2, 0.25) is 0 Å². The monoisotopic (exact) mass is 191 g/mol. The van der Waals surface area contributed by atoms with Crippen LogP contribution in [0.3, 0.4) is 0 Å². The van der Waals surface area contributed by atoms with Gasteiger partial charge in [-0.2, -0.15) is 0 Å². The smallest absolute Gasteiger partial charge is 0.0435 e. The minimum Gasteiger partial charge on any atom is -0.261 e. The number of fused-ring (bicyclic) bond motifs is 1. The summed E-state index contributed by atoms with van der Waals surface area (Å²) in [4.78, 5) is 4.32. The fourth-order valence-corrected chi connectivity index (χ4v) is 1.53. The van der Waals surface area contributed by atoms with E-state index in [1.165, 1.54) is 36.9 Å². The molecular weight excluding hydrogens is 181 g/mol. The van der Waals surface area contributed by atoms with Gasteiger partial charge in [0.25, 0.3) is 0 Å². The van der Waals surface area contributed by atoms with Crippen LogP contribution in [-0.2, 0) is 29.3 Å². The van der Waals surface area contributed by atoms with Gasteiger partial charge in [-0.3, -0.25) is 4.98 Å². The molecule has 0 N–H and O–H groups in total. The van der Waals surface area contributed by atoms with Crippen LogP contribution < -0.4 is 0 Å². The number of hydrogen-bond donors (Lipinski definition) is 0. The Balaban J connectivity index is 0.000000605. The third-order valence-electron chi connectivity index (χ3n) is 2.09. The van der Waals surface area contributed by atoms with Gasteiger partial charge in [-0.1, -0.05) is 6.07 Å². The molecule has 1 heterocycles. The minimum atomic E-state index is 0. The largest absolute Gasteiger partial charge is 0.261 e. The maximum Gasteiger partial charge on any atom is 0.0435 e. The molecule has 0 spiro atoms. The first kappa shape index (κ1) is 8.74. The number of aromatic nitrogens is 1. The molecule has 1 aliphatic rings. The first-order chi connectivity index (χ1) is 4.97. The van der Waals surface area contributed by atoms with Gasteiger partial charge in [0, 0.05) is 28.4 Å². The average Bonchev–Trinajstić information content (AvgIpc) is 2.05. The van der Waals surface area contributed by atoms with Crippen LogP contribution in [0.4, 0.5) is 0 Å². The summed E-state index contributed by atoms with van der Waals surface area (Å²) in [6.45, 7) is 0. The average molecular weight is 192 g/mol. The molecule has 0 aromatic carbocycles. The first-order valence-electron chi connectivity index (χ1n) is 3.89. The van der Waals surface area contributed by atoms with Gasteiger partial charge in [-0.15, -0.1) is 0 Å². The summed E-state index contributed by atoms with van der Waals surface area (Å²) in [6, 6.07) is 4.23. The fourth-order valence-electron chi connectivity index (χ4n) is 1.53. The molecule has 0 aliphatic heterocycles. The van der Waals surface area contributed by atoms with Crippen LogP contribution in [0.15, 0.2) is 18.3 Å². The van der Waals surface area contributed by atoms with Crippen molar-refractivity contribution < 1.29 is 16.5 Å². The molecule has 0 unspecified atom stereocenters. The van der Waals surface area contributed by atoms with Crippen molar-refractivity contribution in [3.05, 3.63) is 29.6 Å². The van der Waals surface area contributed by atoms with Crippen LogP contribution >= 0.6 is 0 Å². The van der Waals surface area contributed by atoms with Crippen molar-refractivity contribution in [1.29, 1.82) is 0 Å². The van der Waals surface area contributed by atoms with E-state index >= 15 is 0 Å². The Morgan fingerprint density at radius 3 is 2.82 bits per heavy atom. The number of hydrogen-bond acceptors (Lipinski definition) is 1. The zero-order valence-corrected chi connectivity index (χ0v) is 7.31. The van der Waals surface area contributed by atoms with Crippen molar-refractivity contribution in [2.24, 2.45) is 0 Å². The second kappa shape index (κ2) is 3.87. The molecule has 0 fully saturated rings. The Bertz CT molecular complexity index is 210. The van der Waals surface area contributed by atoms with E-state index in [0.717, 1.165) is 0 Å². The summed E-state index contributed by atoms with van der Waals surface area (Å²) < 4.78 is 0. The second-order valence-corrected chi connectivity index (χ2v) is 2.82. The molecule has 0 saturated carbocycles. The Hall–Kier alpha value is -0.356. The summed E-state index contributed by atoms with van der Waals surface area (Å²) in [5.41, 5.74) is 2.79. The Morgan fingerprint density at radius 1 is 1.18 bits per heavy atom. The minimum absolute atomic E-state index is 0. The van der Waals surface area contributed by atoms with Crippen molar-refractivity contribution >= 4 is 0 Å². The van der Waals surface area contributed by atoms with Gasteiger partial charge in [0.05, 0.1) is 0 Å². The molecule has 0 atom stereocenters. The zero-order valence-electron chi connectivity index (χ0n) is 6.32. The van der Waals surface area contributed by atoms with E-state index < -0.39 is 0 Å². The fraction of sp³-hybridized carbons (Fsp3) is 0.444.